The Bertz CT molecular complexity index is 668. The van der Waals surface area contributed by atoms with Crippen LogP contribution < -0.4 is 5.32 Å². The molecule has 110 valence electrons. The first-order chi connectivity index (χ1) is 10.0. The molecule has 0 aliphatic carbocycles. The molecular weight excluding hydrogens is 269 g/mol. The van der Waals surface area contributed by atoms with Crippen molar-refractivity contribution < 1.29 is 13.9 Å². The van der Waals surface area contributed by atoms with E-state index in [0.717, 1.165) is 16.8 Å². The van der Waals surface area contributed by atoms with Crippen molar-refractivity contribution in [2.45, 2.75) is 20.4 Å². The van der Waals surface area contributed by atoms with Crippen LogP contribution >= 0.6 is 0 Å². The molecule has 0 heterocycles. The first-order valence-electron chi connectivity index (χ1n) is 6.69. The molecule has 0 spiro atoms. The number of halogens is 1. The van der Waals surface area contributed by atoms with E-state index in [1.165, 1.54) is 13.2 Å². The molecule has 0 atom stereocenters. The summed E-state index contributed by atoms with van der Waals surface area (Å²) in [5.74, 6) is -0.558. The van der Waals surface area contributed by atoms with E-state index in [1.54, 1.807) is 25.1 Å². The van der Waals surface area contributed by atoms with Gasteiger partial charge in [-0.25, -0.2) is 9.18 Å². The van der Waals surface area contributed by atoms with E-state index in [4.69, 9.17) is 0 Å². The van der Waals surface area contributed by atoms with Crippen LogP contribution in [0.1, 0.15) is 27.0 Å². The maximum atomic E-state index is 13.5. The molecule has 0 saturated heterocycles. The topological polar surface area (TPSA) is 38.3 Å². The number of hydrogen-bond donors (Lipinski definition) is 1. The highest BCUT2D eigenvalue weighted by molar-refractivity contribution is 5.90. The van der Waals surface area contributed by atoms with Gasteiger partial charge in [-0.05, 0) is 54.8 Å². The Labute approximate surface area is 123 Å². The minimum atomic E-state index is -0.356. The molecule has 2 aromatic carbocycles. The van der Waals surface area contributed by atoms with Gasteiger partial charge in [-0.1, -0.05) is 12.1 Å². The Morgan fingerprint density at radius 3 is 2.52 bits per heavy atom. The zero-order valence-corrected chi connectivity index (χ0v) is 12.4. The van der Waals surface area contributed by atoms with Gasteiger partial charge < -0.3 is 10.1 Å². The highest BCUT2D eigenvalue weighted by Crippen LogP contribution is 2.18. The first-order valence-corrected chi connectivity index (χ1v) is 6.69. The second kappa shape index (κ2) is 6.39. The summed E-state index contributed by atoms with van der Waals surface area (Å²) in [6, 6.07) is 10.5. The van der Waals surface area contributed by atoms with Crippen LogP contribution in [0, 0.1) is 19.7 Å². The van der Waals surface area contributed by atoms with E-state index in [1.807, 2.05) is 19.1 Å². The number of benzene rings is 2. The van der Waals surface area contributed by atoms with Crippen molar-refractivity contribution in [3.63, 3.8) is 0 Å². The van der Waals surface area contributed by atoms with Crippen molar-refractivity contribution in [1.29, 1.82) is 0 Å². The number of ether oxygens (including phenoxy) is 1. The molecule has 0 amide bonds. The Balaban J connectivity index is 2.09. The largest absolute Gasteiger partial charge is 0.465 e. The molecule has 1 N–H and O–H groups in total. The summed E-state index contributed by atoms with van der Waals surface area (Å²) in [7, 11) is 1.36. The predicted molar refractivity (Wildman–Crippen MR) is 81.0 cm³/mol. The lowest BCUT2D eigenvalue weighted by Gasteiger charge is -2.11. The van der Waals surface area contributed by atoms with Gasteiger partial charge in [-0.3, -0.25) is 0 Å². The second-order valence-corrected chi connectivity index (χ2v) is 4.96. The summed E-state index contributed by atoms with van der Waals surface area (Å²) in [4.78, 5) is 11.4. The fourth-order valence-electron chi connectivity index (χ4n) is 2.05. The molecular formula is C17H18FNO2. The number of esters is 1. The number of nitrogens with one attached hydrogen (secondary N) is 1. The number of rotatable bonds is 4. The van der Waals surface area contributed by atoms with Crippen LogP contribution in [-0.2, 0) is 11.3 Å². The van der Waals surface area contributed by atoms with Crippen molar-refractivity contribution in [3.05, 3.63) is 64.5 Å². The van der Waals surface area contributed by atoms with Gasteiger partial charge in [0.1, 0.15) is 5.82 Å². The molecule has 3 nitrogen and oxygen atoms in total. The maximum absolute atomic E-state index is 13.5. The number of methoxy groups -OCH3 is 1. The first kappa shape index (κ1) is 15.0. The Morgan fingerprint density at radius 1 is 1.14 bits per heavy atom. The molecule has 21 heavy (non-hydrogen) atoms. The minimum absolute atomic E-state index is 0.202. The monoisotopic (exact) mass is 287 g/mol. The van der Waals surface area contributed by atoms with Crippen LogP contribution in [0.15, 0.2) is 36.4 Å². The molecule has 2 rings (SSSR count). The van der Waals surface area contributed by atoms with E-state index in [-0.39, 0.29) is 11.8 Å². The van der Waals surface area contributed by atoms with Crippen molar-refractivity contribution >= 4 is 11.7 Å². The van der Waals surface area contributed by atoms with Gasteiger partial charge in [-0.15, -0.1) is 0 Å². The predicted octanol–water partition coefficient (Wildman–Crippen LogP) is 3.84. The normalized spacial score (nSPS) is 10.3. The van der Waals surface area contributed by atoms with Crippen molar-refractivity contribution in [2.75, 3.05) is 12.4 Å². The van der Waals surface area contributed by atoms with Gasteiger partial charge in [-0.2, -0.15) is 0 Å². The standard InChI is InChI=1S/C17H18FNO2/c1-11-4-5-13(9-15(11)18)10-19-16-7-6-14(8-12(16)2)17(20)21-3/h4-9,19H,10H2,1-3H3. The quantitative estimate of drug-likeness (QED) is 0.868. The van der Waals surface area contributed by atoms with Crippen molar-refractivity contribution in [1.82, 2.24) is 0 Å². The van der Waals surface area contributed by atoms with Gasteiger partial charge in [0.05, 0.1) is 12.7 Å². The molecule has 4 heteroatoms. The average Bonchev–Trinajstić information content (AvgIpc) is 2.48. The van der Waals surface area contributed by atoms with Crippen LogP contribution in [-0.4, -0.2) is 13.1 Å². The van der Waals surface area contributed by atoms with Crippen molar-refractivity contribution in [2.24, 2.45) is 0 Å². The van der Waals surface area contributed by atoms with Gasteiger partial charge >= 0.3 is 5.97 Å². The zero-order valence-electron chi connectivity index (χ0n) is 12.4. The molecule has 2 aromatic rings. The Morgan fingerprint density at radius 2 is 1.90 bits per heavy atom. The molecule has 0 fully saturated rings. The molecule has 0 unspecified atom stereocenters. The molecule has 0 bridgehead atoms. The third kappa shape index (κ3) is 3.60. The third-order valence-electron chi connectivity index (χ3n) is 3.37. The van der Waals surface area contributed by atoms with Crippen molar-refractivity contribution in [3.8, 4) is 0 Å². The number of carbonyl (C=O) groups is 1. The number of hydrogen-bond acceptors (Lipinski definition) is 3. The summed E-state index contributed by atoms with van der Waals surface area (Å²) in [6.07, 6.45) is 0. The number of aryl methyl sites for hydroxylation is 2. The summed E-state index contributed by atoms with van der Waals surface area (Å²) >= 11 is 0. The van der Waals surface area contributed by atoms with Gasteiger partial charge in [0.25, 0.3) is 0 Å². The van der Waals surface area contributed by atoms with E-state index in [9.17, 15) is 9.18 Å². The zero-order chi connectivity index (χ0) is 15.4. The molecule has 0 aromatic heterocycles. The fourth-order valence-corrected chi connectivity index (χ4v) is 2.05. The molecule has 0 aliphatic rings. The summed E-state index contributed by atoms with van der Waals surface area (Å²) in [5, 5.41) is 3.24. The fraction of sp³-hybridized carbons (Fsp3) is 0.235. The summed E-state index contributed by atoms with van der Waals surface area (Å²) in [5.41, 5.74) is 3.86. The van der Waals surface area contributed by atoms with Crippen LogP contribution in [0.3, 0.4) is 0 Å². The SMILES string of the molecule is COC(=O)c1ccc(NCc2ccc(C)c(F)c2)c(C)c1. The lowest BCUT2D eigenvalue weighted by Crippen LogP contribution is -2.05. The lowest BCUT2D eigenvalue weighted by atomic mass is 10.1. The highest BCUT2D eigenvalue weighted by atomic mass is 19.1. The van der Waals surface area contributed by atoms with Gasteiger partial charge in [0.15, 0.2) is 0 Å². The molecule has 0 radical (unpaired) electrons. The van der Waals surface area contributed by atoms with E-state index < -0.39 is 0 Å². The highest BCUT2D eigenvalue weighted by Gasteiger charge is 2.07. The van der Waals surface area contributed by atoms with Gasteiger partial charge in [0, 0.05) is 12.2 Å². The lowest BCUT2D eigenvalue weighted by molar-refractivity contribution is 0.0600. The molecule has 0 aliphatic heterocycles. The smallest absolute Gasteiger partial charge is 0.337 e. The maximum Gasteiger partial charge on any atom is 0.337 e. The minimum Gasteiger partial charge on any atom is -0.465 e. The van der Waals surface area contributed by atoms with Crippen LogP contribution in [0.2, 0.25) is 0 Å². The molecule has 0 saturated carbocycles. The Kier molecular flexibility index (Phi) is 4.58. The van der Waals surface area contributed by atoms with Crippen LogP contribution in [0.25, 0.3) is 0 Å². The second-order valence-electron chi connectivity index (χ2n) is 4.96. The summed E-state index contributed by atoms with van der Waals surface area (Å²) < 4.78 is 18.2. The Hall–Kier alpha value is -2.36. The summed E-state index contributed by atoms with van der Waals surface area (Å²) in [6.45, 7) is 4.17. The van der Waals surface area contributed by atoms with Crippen LogP contribution in [0.5, 0.6) is 0 Å². The average molecular weight is 287 g/mol. The number of carbonyl (C=O) groups excluding carboxylic acids is 1. The van der Waals surface area contributed by atoms with E-state index in [2.05, 4.69) is 10.1 Å². The third-order valence-corrected chi connectivity index (χ3v) is 3.37. The van der Waals surface area contributed by atoms with Crippen LogP contribution in [0.4, 0.5) is 10.1 Å². The number of anilines is 1. The van der Waals surface area contributed by atoms with E-state index >= 15 is 0 Å². The van der Waals surface area contributed by atoms with Gasteiger partial charge in [0.2, 0.25) is 0 Å². The van der Waals surface area contributed by atoms with E-state index in [0.29, 0.717) is 17.7 Å².